The number of benzene rings is 1. The van der Waals surface area contributed by atoms with E-state index in [1.54, 1.807) is 11.1 Å². The van der Waals surface area contributed by atoms with Gasteiger partial charge in [-0.2, -0.15) is 0 Å². The summed E-state index contributed by atoms with van der Waals surface area (Å²) in [5, 5.41) is 0. The van der Waals surface area contributed by atoms with Crippen molar-refractivity contribution in [1.29, 1.82) is 0 Å². The van der Waals surface area contributed by atoms with Crippen molar-refractivity contribution in [3.05, 3.63) is 54.1 Å². The first-order chi connectivity index (χ1) is 8.88. The van der Waals surface area contributed by atoms with Gasteiger partial charge < -0.3 is 4.57 Å². The summed E-state index contributed by atoms with van der Waals surface area (Å²) in [5.74, 6) is 1.46. The normalized spacial score (nSPS) is 19.7. The summed E-state index contributed by atoms with van der Waals surface area (Å²) in [4.78, 5) is 4.14. The topological polar surface area (TPSA) is 17.8 Å². The molecule has 2 heteroatoms. The van der Waals surface area contributed by atoms with Gasteiger partial charge in [0.2, 0.25) is 0 Å². The monoisotopic (exact) mass is 240 g/mol. The van der Waals surface area contributed by atoms with Gasteiger partial charge in [0.1, 0.15) is 0 Å². The van der Waals surface area contributed by atoms with Gasteiger partial charge in [-0.3, -0.25) is 0 Å². The number of hydrogen-bond donors (Lipinski definition) is 0. The molecule has 18 heavy (non-hydrogen) atoms. The molecule has 2 unspecified atom stereocenters. The highest BCUT2D eigenvalue weighted by Crippen LogP contribution is 2.40. The summed E-state index contributed by atoms with van der Waals surface area (Å²) in [6.07, 6.45) is 9.67. The van der Waals surface area contributed by atoms with Crippen molar-refractivity contribution in [2.75, 3.05) is 0 Å². The predicted molar refractivity (Wildman–Crippen MR) is 73.5 cm³/mol. The summed E-state index contributed by atoms with van der Waals surface area (Å²) in [7, 11) is 0. The summed E-state index contributed by atoms with van der Waals surface area (Å²) in [5.41, 5.74) is 3.15. The maximum absolute atomic E-state index is 4.14. The van der Waals surface area contributed by atoms with Crippen LogP contribution in [0.1, 0.15) is 36.8 Å². The van der Waals surface area contributed by atoms with E-state index in [1.165, 1.54) is 19.3 Å². The molecule has 2 atom stereocenters. The molecular formula is C16H20N2. The Morgan fingerprint density at radius 1 is 1.39 bits per heavy atom. The van der Waals surface area contributed by atoms with Crippen molar-refractivity contribution in [3.63, 3.8) is 0 Å². The van der Waals surface area contributed by atoms with E-state index in [2.05, 4.69) is 46.9 Å². The van der Waals surface area contributed by atoms with E-state index in [9.17, 15) is 0 Å². The fourth-order valence-corrected chi connectivity index (χ4v) is 3.29. The first kappa shape index (κ1) is 11.5. The van der Waals surface area contributed by atoms with Gasteiger partial charge in [0.25, 0.3) is 0 Å². The lowest BCUT2D eigenvalue weighted by molar-refractivity contribution is 0.354. The Balaban J connectivity index is 1.81. The lowest BCUT2D eigenvalue weighted by atomic mass is 9.85. The Morgan fingerprint density at radius 3 is 3.06 bits per heavy atom. The number of imidazole rings is 1. The van der Waals surface area contributed by atoms with Crippen LogP contribution in [-0.4, -0.2) is 9.55 Å². The van der Waals surface area contributed by atoms with Crippen LogP contribution in [-0.2, 0) is 13.0 Å². The quantitative estimate of drug-likeness (QED) is 0.797. The number of rotatable bonds is 4. The molecule has 0 N–H and O–H groups in total. The maximum atomic E-state index is 4.14. The molecule has 0 radical (unpaired) electrons. The second-order valence-electron chi connectivity index (χ2n) is 5.27. The number of hydrogen-bond acceptors (Lipinski definition) is 1. The SMILES string of the molecule is CCC(Cn1ccnc1)C1CCc2ccccc21. The van der Waals surface area contributed by atoms with Crippen molar-refractivity contribution in [2.45, 2.75) is 38.6 Å². The van der Waals surface area contributed by atoms with Crippen molar-refractivity contribution < 1.29 is 0 Å². The zero-order chi connectivity index (χ0) is 12.4. The van der Waals surface area contributed by atoms with E-state index in [0.29, 0.717) is 0 Å². The summed E-state index contributed by atoms with van der Waals surface area (Å²) in [6, 6.07) is 8.96. The van der Waals surface area contributed by atoms with Gasteiger partial charge >= 0.3 is 0 Å². The Morgan fingerprint density at radius 2 is 2.28 bits per heavy atom. The van der Waals surface area contributed by atoms with E-state index >= 15 is 0 Å². The average Bonchev–Trinajstić information content (AvgIpc) is 3.05. The third kappa shape index (κ3) is 2.07. The molecule has 1 aliphatic rings. The highest BCUT2D eigenvalue weighted by molar-refractivity contribution is 5.35. The number of fused-ring (bicyclic) bond motifs is 1. The van der Waals surface area contributed by atoms with Gasteiger partial charge in [-0.1, -0.05) is 37.6 Å². The lowest BCUT2D eigenvalue weighted by Crippen LogP contribution is -2.16. The van der Waals surface area contributed by atoms with Gasteiger partial charge in [-0.05, 0) is 35.8 Å². The van der Waals surface area contributed by atoms with Gasteiger partial charge in [-0.15, -0.1) is 0 Å². The molecule has 1 aromatic heterocycles. The van der Waals surface area contributed by atoms with E-state index in [0.717, 1.165) is 18.4 Å². The highest BCUT2D eigenvalue weighted by atomic mass is 15.0. The van der Waals surface area contributed by atoms with Crippen LogP contribution in [0.5, 0.6) is 0 Å². The molecule has 0 spiro atoms. The smallest absolute Gasteiger partial charge is 0.0946 e. The molecular weight excluding hydrogens is 220 g/mol. The van der Waals surface area contributed by atoms with Crippen molar-refractivity contribution in [2.24, 2.45) is 5.92 Å². The second kappa shape index (κ2) is 4.97. The molecule has 1 heterocycles. The third-order valence-corrected chi connectivity index (χ3v) is 4.28. The standard InChI is InChI=1S/C16H20N2/c1-2-13(11-18-10-9-17-12-18)16-8-7-14-5-3-4-6-15(14)16/h3-6,9-10,12-13,16H,2,7-8,11H2,1H3. The number of aromatic nitrogens is 2. The molecule has 0 bridgehead atoms. The molecule has 2 nitrogen and oxygen atoms in total. The van der Waals surface area contributed by atoms with Crippen LogP contribution in [0.3, 0.4) is 0 Å². The van der Waals surface area contributed by atoms with Crippen molar-refractivity contribution in [1.82, 2.24) is 9.55 Å². The zero-order valence-corrected chi connectivity index (χ0v) is 10.9. The largest absolute Gasteiger partial charge is 0.337 e. The zero-order valence-electron chi connectivity index (χ0n) is 10.9. The molecule has 2 aromatic rings. The van der Waals surface area contributed by atoms with Crippen molar-refractivity contribution in [3.8, 4) is 0 Å². The summed E-state index contributed by atoms with van der Waals surface area (Å²) >= 11 is 0. The third-order valence-electron chi connectivity index (χ3n) is 4.28. The molecule has 0 aliphatic heterocycles. The van der Waals surface area contributed by atoms with Crippen LogP contribution >= 0.6 is 0 Å². The molecule has 0 amide bonds. The van der Waals surface area contributed by atoms with Gasteiger partial charge in [0.05, 0.1) is 6.33 Å². The molecule has 3 rings (SSSR count). The number of aryl methyl sites for hydroxylation is 1. The van der Waals surface area contributed by atoms with Crippen LogP contribution in [0.4, 0.5) is 0 Å². The molecule has 1 aliphatic carbocycles. The minimum absolute atomic E-state index is 0.725. The van der Waals surface area contributed by atoms with E-state index < -0.39 is 0 Å². The fourth-order valence-electron chi connectivity index (χ4n) is 3.29. The predicted octanol–water partition coefficient (Wildman–Crippen LogP) is 3.64. The molecule has 0 fully saturated rings. The average molecular weight is 240 g/mol. The Kier molecular flexibility index (Phi) is 3.18. The van der Waals surface area contributed by atoms with Gasteiger partial charge in [-0.25, -0.2) is 4.98 Å². The molecule has 94 valence electrons. The Bertz CT molecular complexity index is 502. The van der Waals surface area contributed by atoms with Crippen LogP contribution in [0.15, 0.2) is 43.0 Å². The lowest BCUT2D eigenvalue weighted by Gasteiger charge is -2.23. The Labute approximate surface area is 109 Å². The summed E-state index contributed by atoms with van der Waals surface area (Å²) in [6.45, 7) is 3.40. The van der Waals surface area contributed by atoms with Gasteiger partial charge in [0.15, 0.2) is 0 Å². The maximum Gasteiger partial charge on any atom is 0.0946 e. The number of nitrogens with zero attached hydrogens (tertiary/aromatic N) is 2. The van der Waals surface area contributed by atoms with Crippen LogP contribution in [0, 0.1) is 5.92 Å². The van der Waals surface area contributed by atoms with E-state index in [1.807, 2.05) is 12.5 Å². The molecule has 0 saturated carbocycles. The first-order valence-corrected chi connectivity index (χ1v) is 6.92. The summed E-state index contributed by atoms with van der Waals surface area (Å²) < 4.78 is 2.22. The Hall–Kier alpha value is -1.57. The minimum Gasteiger partial charge on any atom is -0.337 e. The van der Waals surface area contributed by atoms with Gasteiger partial charge in [0, 0.05) is 18.9 Å². The minimum atomic E-state index is 0.725. The molecule has 1 aromatic carbocycles. The van der Waals surface area contributed by atoms with E-state index in [4.69, 9.17) is 0 Å². The van der Waals surface area contributed by atoms with Crippen LogP contribution < -0.4 is 0 Å². The van der Waals surface area contributed by atoms with Crippen molar-refractivity contribution >= 4 is 0 Å². The first-order valence-electron chi connectivity index (χ1n) is 6.92. The fraction of sp³-hybridized carbons (Fsp3) is 0.438. The highest BCUT2D eigenvalue weighted by Gasteiger charge is 2.28. The molecule has 0 saturated heterocycles. The van der Waals surface area contributed by atoms with Crippen LogP contribution in [0.2, 0.25) is 0 Å². The van der Waals surface area contributed by atoms with E-state index in [-0.39, 0.29) is 0 Å². The van der Waals surface area contributed by atoms with Crippen LogP contribution in [0.25, 0.3) is 0 Å². The second-order valence-corrected chi connectivity index (χ2v) is 5.27.